The molecule has 0 aliphatic carbocycles. The fourth-order valence-electron chi connectivity index (χ4n) is 5.02. The molecule has 0 fully saturated rings. The third-order valence-electron chi connectivity index (χ3n) is 8.22. The number of benzene rings is 4. The summed E-state index contributed by atoms with van der Waals surface area (Å²) in [5.74, 6) is 0. The van der Waals surface area contributed by atoms with E-state index in [0.717, 1.165) is 17.7 Å². The standard InChI is InChI=1S/C20H24Cl2N2O2.C19H23Cl2N3O2.ClH/c1-4-14-5-8-16(9-6-14)23-20(26)24(13(2)3)12-19(25)15-7-10-17(21)18(22)11-15;1-12(2)24(11-18(25)14-5-8-16(20)17(21)9-14)19(26)23-15-6-3-13(10-22)4-7-15;/h5-11,13,19,25H,4,12H2,1-3H3,(H,23,26);3-9,12,18,25H,10-11,22H2,1-2H3,(H,23,26);1H. The number of nitrogens with two attached hydrogens (primary N) is 1. The van der Waals surface area contributed by atoms with Gasteiger partial charge in [0.2, 0.25) is 0 Å². The van der Waals surface area contributed by atoms with Gasteiger partial charge in [-0.15, -0.1) is 12.4 Å². The highest BCUT2D eigenvalue weighted by atomic mass is 35.5. The highest BCUT2D eigenvalue weighted by Gasteiger charge is 2.23. The zero-order chi connectivity index (χ0) is 38.5. The molecule has 0 aliphatic rings. The lowest BCUT2D eigenvalue weighted by Crippen LogP contribution is -2.42. The average Bonchev–Trinajstić information content (AvgIpc) is 3.12. The summed E-state index contributed by atoms with van der Waals surface area (Å²) in [4.78, 5) is 28.4. The van der Waals surface area contributed by atoms with E-state index in [9.17, 15) is 19.8 Å². The van der Waals surface area contributed by atoms with Gasteiger partial charge in [-0.05, 0) is 105 Å². The normalized spacial score (nSPS) is 11.9. The zero-order valence-corrected chi connectivity index (χ0v) is 34.2. The van der Waals surface area contributed by atoms with Crippen LogP contribution in [0.25, 0.3) is 0 Å². The Morgan fingerprint density at radius 2 is 0.981 bits per heavy atom. The van der Waals surface area contributed by atoms with Crippen LogP contribution in [0.3, 0.4) is 0 Å². The summed E-state index contributed by atoms with van der Waals surface area (Å²) in [5, 5.41) is 28.3. The molecule has 0 aromatic heterocycles. The molecule has 0 bridgehead atoms. The van der Waals surface area contributed by atoms with Crippen molar-refractivity contribution < 1.29 is 19.8 Å². The van der Waals surface area contributed by atoms with E-state index in [1.165, 1.54) is 5.56 Å². The van der Waals surface area contributed by atoms with Crippen LogP contribution in [0, 0.1) is 0 Å². The molecule has 0 spiro atoms. The summed E-state index contributed by atoms with van der Waals surface area (Å²) in [6, 6.07) is 24.2. The van der Waals surface area contributed by atoms with Gasteiger partial charge in [-0.2, -0.15) is 0 Å². The van der Waals surface area contributed by atoms with Gasteiger partial charge in [-0.3, -0.25) is 0 Å². The van der Waals surface area contributed by atoms with Crippen LogP contribution in [0.4, 0.5) is 21.0 Å². The molecule has 4 rings (SSSR count). The molecule has 0 saturated heterocycles. The first-order valence-electron chi connectivity index (χ1n) is 16.9. The average molecular weight is 828 g/mol. The second-order valence-electron chi connectivity index (χ2n) is 12.7. The second-order valence-corrected chi connectivity index (χ2v) is 14.3. The van der Waals surface area contributed by atoms with Gasteiger partial charge in [-0.25, -0.2) is 9.59 Å². The Morgan fingerprint density at radius 1 is 0.623 bits per heavy atom. The van der Waals surface area contributed by atoms with Crippen molar-refractivity contribution in [2.24, 2.45) is 5.73 Å². The highest BCUT2D eigenvalue weighted by Crippen LogP contribution is 2.28. The molecule has 4 aromatic rings. The fraction of sp³-hybridized carbons (Fsp3) is 0.333. The number of hydrogen-bond donors (Lipinski definition) is 5. The topological polar surface area (TPSA) is 131 Å². The Balaban J connectivity index is 0.000000360. The predicted molar refractivity (Wildman–Crippen MR) is 222 cm³/mol. The van der Waals surface area contributed by atoms with Crippen LogP contribution < -0.4 is 16.4 Å². The third kappa shape index (κ3) is 14.2. The van der Waals surface area contributed by atoms with Crippen molar-refractivity contribution in [1.29, 1.82) is 0 Å². The number of aryl methyl sites for hydroxylation is 1. The molecule has 0 saturated carbocycles. The Kier molecular flexibility index (Phi) is 19.2. The van der Waals surface area contributed by atoms with Gasteiger partial charge in [0.25, 0.3) is 0 Å². The number of hydrogen-bond acceptors (Lipinski definition) is 5. The monoisotopic (exact) mass is 825 g/mol. The molecule has 0 aliphatic heterocycles. The van der Waals surface area contributed by atoms with Crippen LogP contribution in [-0.4, -0.2) is 57.2 Å². The smallest absolute Gasteiger partial charge is 0.322 e. The summed E-state index contributed by atoms with van der Waals surface area (Å²) in [6.45, 7) is 10.4. The lowest BCUT2D eigenvalue weighted by molar-refractivity contribution is 0.113. The van der Waals surface area contributed by atoms with Gasteiger partial charge in [0.15, 0.2) is 0 Å². The maximum atomic E-state index is 12.7. The van der Waals surface area contributed by atoms with Crippen LogP contribution in [0.2, 0.25) is 20.1 Å². The van der Waals surface area contributed by atoms with Gasteiger partial charge in [0, 0.05) is 30.0 Å². The van der Waals surface area contributed by atoms with Crippen molar-refractivity contribution >= 4 is 82.2 Å². The van der Waals surface area contributed by atoms with E-state index in [4.69, 9.17) is 52.1 Å². The summed E-state index contributed by atoms with van der Waals surface area (Å²) in [5.41, 5.74) is 10.4. The number of carbonyl (C=O) groups is 2. The molecule has 2 atom stereocenters. The molecule has 6 N–H and O–H groups in total. The van der Waals surface area contributed by atoms with Crippen molar-refractivity contribution in [2.75, 3.05) is 23.7 Å². The van der Waals surface area contributed by atoms with Crippen LogP contribution in [0.1, 0.15) is 69.1 Å². The Bertz CT molecular complexity index is 1630. The first kappa shape index (κ1) is 45.9. The first-order valence-corrected chi connectivity index (χ1v) is 18.4. The quantitative estimate of drug-likeness (QED) is 0.0971. The molecule has 14 heteroatoms. The van der Waals surface area contributed by atoms with E-state index in [1.54, 1.807) is 58.3 Å². The minimum atomic E-state index is -0.877. The number of rotatable bonds is 12. The van der Waals surface area contributed by atoms with Gasteiger partial charge >= 0.3 is 12.1 Å². The number of nitrogens with one attached hydrogen (secondary N) is 2. The number of aliphatic hydroxyl groups excluding tert-OH is 2. The second kappa shape index (κ2) is 22.2. The van der Waals surface area contributed by atoms with Crippen molar-refractivity contribution in [1.82, 2.24) is 9.80 Å². The van der Waals surface area contributed by atoms with E-state index in [0.29, 0.717) is 43.4 Å². The highest BCUT2D eigenvalue weighted by molar-refractivity contribution is 6.42. The number of nitrogens with zero attached hydrogens (tertiary/aromatic N) is 2. The van der Waals surface area contributed by atoms with E-state index in [-0.39, 0.29) is 49.6 Å². The van der Waals surface area contributed by atoms with Gasteiger partial charge in [-0.1, -0.05) is 89.7 Å². The number of anilines is 2. The van der Waals surface area contributed by atoms with Crippen LogP contribution in [-0.2, 0) is 13.0 Å². The lowest BCUT2D eigenvalue weighted by atomic mass is 10.1. The minimum absolute atomic E-state index is 0. The molecule has 9 nitrogen and oxygen atoms in total. The van der Waals surface area contributed by atoms with Crippen LogP contribution in [0.15, 0.2) is 84.9 Å². The number of urea groups is 2. The molecule has 4 amide bonds. The van der Waals surface area contributed by atoms with Crippen molar-refractivity contribution in [2.45, 2.75) is 71.9 Å². The maximum absolute atomic E-state index is 12.7. The first-order chi connectivity index (χ1) is 24.6. The molecule has 2 unspecified atom stereocenters. The Labute approximate surface area is 338 Å². The zero-order valence-electron chi connectivity index (χ0n) is 30.3. The summed E-state index contributed by atoms with van der Waals surface area (Å²) >= 11 is 23.8. The predicted octanol–water partition coefficient (Wildman–Crippen LogP) is 10.4. The van der Waals surface area contributed by atoms with Gasteiger partial charge in [0.05, 0.1) is 45.4 Å². The van der Waals surface area contributed by atoms with E-state index in [2.05, 4.69) is 17.6 Å². The van der Waals surface area contributed by atoms with Crippen molar-refractivity contribution in [3.8, 4) is 0 Å². The molecular weight excluding hydrogens is 780 g/mol. The molecular formula is C39H48Cl5N5O4. The maximum Gasteiger partial charge on any atom is 0.322 e. The van der Waals surface area contributed by atoms with Crippen molar-refractivity contribution in [3.63, 3.8) is 0 Å². The molecule has 0 radical (unpaired) electrons. The van der Waals surface area contributed by atoms with Gasteiger partial charge in [0.1, 0.15) is 0 Å². The van der Waals surface area contributed by atoms with Crippen LogP contribution in [0.5, 0.6) is 0 Å². The Hall–Kier alpha value is -3.25. The molecule has 53 heavy (non-hydrogen) atoms. The third-order valence-corrected chi connectivity index (χ3v) is 9.70. The fourth-order valence-corrected chi connectivity index (χ4v) is 5.63. The Morgan fingerprint density at radius 3 is 1.28 bits per heavy atom. The summed E-state index contributed by atoms with van der Waals surface area (Å²) < 4.78 is 0. The number of amides is 4. The summed E-state index contributed by atoms with van der Waals surface area (Å²) in [6.07, 6.45) is -0.791. The summed E-state index contributed by atoms with van der Waals surface area (Å²) in [7, 11) is 0. The SMILES string of the molecule is CC(C)N(CC(O)c1ccc(Cl)c(Cl)c1)C(=O)Nc1ccc(CN)cc1.CCc1ccc(NC(=O)N(CC(O)c2ccc(Cl)c(Cl)c2)C(C)C)cc1.Cl. The number of carbonyl (C=O) groups excluding carboxylic acids is 2. The van der Waals surface area contributed by atoms with Gasteiger partial charge < -0.3 is 36.4 Å². The number of halogens is 5. The van der Waals surface area contributed by atoms with Crippen molar-refractivity contribution in [3.05, 3.63) is 127 Å². The lowest BCUT2D eigenvalue weighted by Gasteiger charge is -2.29. The molecule has 4 aromatic carbocycles. The number of aliphatic hydroxyl groups is 2. The van der Waals surface area contributed by atoms with Crippen LogP contribution >= 0.6 is 58.8 Å². The molecule has 0 heterocycles. The minimum Gasteiger partial charge on any atom is -0.387 e. The van der Waals surface area contributed by atoms with E-state index < -0.39 is 12.2 Å². The van der Waals surface area contributed by atoms with E-state index >= 15 is 0 Å². The largest absolute Gasteiger partial charge is 0.387 e. The van der Waals surface area contributed by atoms with E-state index in [1.807, 2.05) is 64.1 Å². The molecule has 288 valence electrons.